The molecule has 7 heteroatoms. The van der Waals surface area contributed by atoms with Gasteiger partial charge in [-0.15, -0.1) is 0 Å². The predicted molar refractivity (Wildman–Crippen MR) is 96.4 cm³/mol. The van der Waals surface area contributed by atoms with Crippen molar-refractivity contribution < 1.29 is 22.3 Å². The van der Waals surface area contributed by atoms with E-state index in [1.165, 1.54) is 30.3 Å². The molecular weight excluding hydrogens is 357 g/mol. The molecule has 2 aromatic rings. The number of carbonyl (C=O) groups is 1. The van der Waals surface area contributed by atoms with Crippen LogP contribution in [0.4, 0.5) is 10.1 Å². The number of carbonyl (C=O) groups excluding carboxylic acids is 1. The molecule has 26 heavy (non-hydrogen) atoms. The van der Waals surface area contributed by atoms with Gasteiger partial charge in [0.2, 0.25) is 0 Å². The van der Waals surface area contributed by atoms with E-state index in [-0.39, 0.29) is 22.6 Å². The van der Waals surface area contributed by atoms with E-state index in [1.54, 1.807) is 18.2 Å². The van der Waals surface area contributed by atoms with E-state index in [9.17, 15) is 17.6 Å². The second-order valence-electron chi connectivity index (χ2n) is 6.27. The highest BCUT2D eigenvalue weighted by Gasteiger charge is 2.30. The Balaban J connectivity index is 1.62. The lowest BCUT2D eigenvalue weighted by molar-refractivity contribution is -0.118. The summed E-state index contributed by atoms with van der Waals surface area (Å²) in [5.74, 6) is -0.439. The number of hydrogen-bond donors (Lipinski definition) is 1. The van der Waals surface area contributed by atoms with Gasteiger partial charge in [0.25, 0.3) is 5.91 Å². The minimum absolute atomic E-state index is 0.224. The number of sulfone groups is 1. The van der Waals surface area contributed by atoms with Gasteiger partial charge in [-0.25, -0.2) is 12.8 Å². The summed E-state index contributed by atoms with van der Waals surface area (Å²) in [6.45, 7) is -0.259. The van der Waals surface area contributed by atoms with E-state index >= 15 is 0 Å². The van der Waals surface area contributed by atoms with Crippen LogP contribution in [0.5, 0.6) is 5.75 Å². The van der Waals surface area contributed by atoms with Crippen LogP contribution in [0.3, 0.4) is 0 Å². The zero-order valence-electron chi connectivity index (χ0n) is 14.2. The summed E-state index contributed by atoms with van der Waals surface area (Å²) < 4.78 is 43.4. The van der Waals surface area contributed by atoms with Crippen LogP contribution in [0.2, 0.25) is 0 Å². The first kappa shape index (κ1) is 18.4. The second-order valence-corrected chi connectivity index (χ2v) is 8.50. The van der Waals surface area contributed by atoms with Crippen molar-refractivity contribution in [2.75, 3.05) is 11.9 Å². The summed E-state index contributed by atoms with van der Waals surface area (Å²) in [7, 11) is -3.37. The third-order valence-electron chi connectivity index (χ3n) is 4.37. The molecule has 0 aromatic heterocycles. The summed E-state index contributed by atoms with van der Waals surface area (Å²) >= 11 is 0. The molecule has 0 unspecified atom stereocenters. The largest absolute Gasteiger partial charge is 0.484 e. The average Bonchev–Trinajstić information content (AvgIpc) is 3.17. The number of benzene rings is 2. The van der Waals surface area contributed by atoms with Crippen molar-refractivity contribution in [3.05, 3.63) is 54.3 Å². The number of hydrogen-bond acceptors (Lipinski definition) is 4. The zero-order valence-corrected chi connectivity index (χ0v) is 15.0. The third-order valence-corrected chi connectivity index (χ3v) is 6.63. The van der Waals surface area contributed by atoms with E-state index in [4.69, 9.17) is 4.74 Å². The van der Waals surface area contributed by atoms with E-state index in [2.05, 4.69) is 5.32 Å². The van der Waals surface area contributed by atoms with E-state index in [0.29, 0.717) is 24.3 Å². The van der Waals surface area contributed by atoms with Crippen molar-refractivity contribution >= 4 is 21.4 Å². The molecule has 0 aliphatic heterocycles. The van der Waals surface area contributed by atoms with Gasteiger partial charge in [-0.1, -0.05) is 18.9 Å². The number of amides is 1. The zero-order chi connectivity index (χ0) is 18.6. The molecule has 138 valence electrons. The number of halogens is 1. The van der Waals surface area contributed by atoms with Gasteiger partial charge < -0.3 is 10.1 Å². The average molecular weight is 377 g/mol. The Morgan fingerprint density at radius 3 is 2.50 bits per heavy atom. The molecule has 1 fully saturated rings. The maximum Gasteiger partial charge on any atom is 0.262 e. The Kier molecular flexibility index (Phi) is 5.56. The standard InChI is InChI=1S/C19H20FNO4S/c20-14-8-10-16(11-9-14)25-13-19(22)21-15-4-3-7-18(12-15)26(23,24)17-5-1-2-6-17/h3-4,7-12,17H,1-2,5-6,13H2,(H,21,22). The number of anilines is 1. The quantitative estimate of drug-likeness (QED) is 0.835. The van der Waals surface area contributed by atoms with Crippen LogP contribution in [-0.2, 0) is 14.6 Å². The van der Waals surface area contributed by atoms with Gasteiger partial charge in [0.05, 0.1) is 10.1 Å². The van der Waals surface area contributed by atoms with Crippen LogP contribution in [0.1, 0.15) is 25.7 Å². The smallest absolute Gasteiger partial charge is 0.262 e. The van der Waals surface area contributed by atoms with Gasteiger partial charge in [-0.3, -0.25) is 4.79 Å². The number of rotatable bonds is 6. The minimum atomic E-state index is -3.37. The molecule has 0 heterocycles. The fourth-order valence-corrected chi connectivity index (χ4v) is 4.92. The van der Waals surface area contributed by atoms with Crippen LogP contribution in [-0.4, -0.2) is 26.2 Å². The molecule has 3 rings (SSSR count). The SMILES string of the molecule is O=C(COc1ccc(F)cc1)Nc1cccc(S(=O)(=O)C2CCCC2)c1. The van der Waals surface area contributed by atoms with E-state index in [1.807, 2.05) is 0 Å². The van der Waals surface area contributed by atoms with Crippen LogP contribution < -0.4 is 10.1 Å². The van der Waals surface area contributed by atoms with Gasteiger partial charge in [0.1, 0.15) is 11.6 Å². The molecule has 0 spiro atoms. The fourth-order valence-electron chi connectivity index (χ4n) is 3.02. The monoisotopic (exact) mass is 377 g/mol. The molecule has 1 saturated carbocycles. The summed E-state index contributed by atoms with van der Waals surface area (Å²) in [6, 6.07) is 11.6. The maximum atomic E-state index is 12.8. The lowest BCUT2D eigenvalue weighted by atomic mass is 10.3. The molecule has 2 aromatic carbocycles. The van der Waals surface area contributed by atoms with Gasteiger partial charge in [-0.05, 0) is 55.3 Å². The van der Waals surface area contributed by atoms with Crippen molar-refractivity contribution in [2.24, 2.45) is 0 Å². The van der Waals surface area contributed by atoms with E-state index in [0.717, 1.165) is 12.8 Å². The van der Waals surface area contributed by atoms with Crippen LogP contribution in [0.15, 0.2) is 53.4 Å². The van der Waals surface area contributed by atoms with Crippen molar-refractivity contribution in [2.45, 2.75) is 35.8 Å². The van der Waals surface area contributed by atoms with Crippen molar-refractivity contribution in [1.29, 1.82) is 0 Å². The van der Waals surface area contributed by atoms with Gasteiger partial charge >= 0.3 is 0 Å². The Hall–Kier alpha value is -2.41. The first-order valence-corrected chi connectivity index (χ1v) is 10.0. The van der Waals surface area contributed by atoms with Crippen LogP contribution >= 0.6 is 0 Å². The Morgan fingerprint density at radius 1 is 1.12 bits per heavy atom. The highest BCUT2D eigenvalue weighted by molar-refractivity contribution is 7.92. The molecular formula is C19H20FNO4S. The summed E-state index contributed by atoms with van der Waals surface area (Å²) in [5, 5.41) is 2.29. The second kappa shape index (κ2) is 7.86. The molecule has 1 N–H and O–H groups in total. The molecule has 1 amide bonds. The maximum absolute atomic E-state index is 12.8. The molecule has 1 aliphatic rings. The minimum Gasteiger partial charge on any atom is -0.484 e. The van der Waals surface area contributed by atoms with Crippen LogP contribution in [0, 0.1) is 5.82 Å². The van der Waals surface area contributed by atoms with Gasteiger partial charge in [-0.2, -0.15) is 0 Å². The normalized spacial score (nSPS) is 15.0. The summed E-state index contributed by atoms with van der Waals surface area (Å²) in [6.07, 6.45) is 3.23. The lowest BCUT2D eigenvalue weighted by Gasteiger charge is -2.13. The van der Waals surface area contributed by atoms with Crippen molar-refractivity contribution in [3.63, 3.8) is 0 Å². The number of nitrogens with one attached hydrogen (secondary N) is 1. The van der Waals surface area contributed by atoms with Crippen molar-refractivity contribution in [1.82, 2.24) is 0 Å². The highest BCUT2D eigenvalue weighted by Crippen LogP contribution is 2.30. The van der Waals surface area contributed by atoms with Gasteiger partial charge in [0.15, 0.2) is 16.4 Å². The number of ether oxygens (including phenoxy) is 1. The first-order chi connectivity index (χ1) is 12.4. The molecule has 0 atom stereocenters. The molecule has 0 radical (unpaired) electrons. The molecule has 0 saturated heterocycles. The van der Waals surface area contributed by atoms with Crippen LogP contribution in [0.25, 0.3) is 0 Å². The Bertz CT molecular complexity index is 875. The topological polar surface area (TPSA) is 72.5 Å². The molecule has 0 bridgehead atoms. The molecule has 1 aliphatic carbocycles. The lowest BCUT2D eigenvalue weighted by Crippen LogP contribution is -2.21. The Labute approximate surface area is 152 Å². The van der Waals surface area contributed by atoms with Crippen molar-refractivity contribution in [3.8, 4) is 5.75 Å². The Morgan fingerprint density at radius 2 is 1.81 bits per heavy atom. The molecule has 5 nitrogen and oxygen atoms in total. The predicted octanol–water partition coefficient (Wildman–Crippen LogP) is 3.56. The van der Waals surface area contributed by atoms with Gasteiger partial charge in [0, 0.05) is 5.69 Å². The first-order valence-electron chi connectivity index (χ1n) is 8.47. The summed E-state index contributed by atoms with van der Waals surface area (Å²) in [5.41, 5.74) is 0.400. The fraction of sp³-hybridized carbons (Fsp3) is 0.316. The summed E-state index contributed by atoms with van der Waals surface area (Å²) in [4.78, 5) is 12.2. The highest BCUT2D eigenvalue weighted by atomic mass is 32.2. The van der Waals surface area contributed by atoms with E-state index < -0.39 is 15.7 Å². The third kappa shape index (κ3) is 4.40.